The van der Waals surface area contributed by atoms with Gasteiger partial charge in [-0.1, -0.05) is 65.1 Å². The molecule has 1 aromatic heterocycles. The van der Waals surface area contributed by atoms with E-state index < -0.39 is 6.03 Å². The Balaban J connectivity index is 1.76. The van der Waals surface area contributed by atoms with Gasteiger partial charge >= 0.3 is 6.03 Å². The van der Waals surface area contributed by atoms with Crippen LogP contribution in [0, 0.1) is 0 Å². The van der Waals surface area contributed by atoms with E-state index in [0.29, 0.717) is 43.3 Å². The van der Waals surface area contributed by atoms with Crippen molar-refractivity contribution in [2.24, 2.45) is 0 Å². The molecule has 144 valence electrons. The van der Waals surface area contributed by atoms with Crippen molar-refractivity contribution in [3.63, 3.8) is 0 Å². The number of carbonyl (C=O) groups is 1. The van der Waals surface area contributed by atoms with Crippen molar-refractivity contribution < 1.29 is 9.90 Å². The molecule has 0 saturated heterocycles. The summed E-state index contributed by atoms with van der Waals surface area (Å²) in [7, 11) is 0. The van der Waals surface area contributed by atoms with Crippen molar-refractivity contribution in [3.8, 4) is 11.3 Å². The number of pyridine rings is 1. The molecule has 3 N–H and O–H groups in total. The maximum absolute atomic E-state index is 12.3. The first kappa shape index (κ1) is 20.4. The molecule has 2 amide bonds. The third-order valence-corrected chi connectivity index (χ3v) is 5.04. The quantitative estimate of drug-likeness (QED) is 0.493. The molecular weight excluding hydrogens is 421 g/mol. The monoisotopic (exact) mass is 435 g/mol. The molecule has 1 heterocycles. The Kier molecular flexibility index (Phi) is 6.75. The second-order valence-electron chi connectivity index (χ2n) is 5.85. The second kappa shape index (κ2) is 9.26. The largest absolute Gasteiger partial charge is 0.392 e. The number of carbonyl (C=O) groups excluding carboxylic acids is 1. The molecule has 0 spiro atoms. The molecule has 0 aliphatic heterocycles. The van der Waals surface area contributed by atoms with Gasteiger partial charge in [0.25, 0.3) is 0 Å². The highest BCUT2D eigenvalue weighted by Gasteiger charge is 2.13. The third-order valence-electron chi connectivity index (χ3n) is 4.01. The second-order valence-corrected chi connectivity index (χ2v) is 7.07. The first-order valence-corrected chi connectivity index (χ1v) is 9.46. The van der Waals surface area contributed by atoms with E-state index in [1.54, 1.807) is 48.5 Å². The summed E-state index contributed by atoms with van der Waals surface area (Å²) in [5.41, 5.74) is 2.39. The first-order chi connectivity index (χ1) is 13.5. The maximum Gasteiger partial charge on any atom is 0.320 e. The molecule has 5 nitrogen and oxygen atoms in total. The normalized spacial score (nSPS) is 10.6. The number of nitrogens with one attached hydrogen (secondary N) is 2. The molecule has 0 saturated carbocycles. The zero-order chi connectivity index (χ0) is 20.1. The van der Waals surface area contributed by atoms with E-state index in [0.717, 1.165) is 0 Å². The van der Waals surface area contributed by atoms with Crippen molar-refractivity contribution >= 4 is 46.7 Å². The molecule has 0 atom stereocenters. The van der Waals surface area contributed by atoms with Crippen molar-refractivity contribution in [3.05, 3.63) is 80.8 Å². The number of nitrogens with zero attached hydrogens (tertiary/aromatic N) is 1. The average Bonchev–Trinajstić information content (AvgIpc) is 2.68. The molecule has 8 heteroatoms. The number of aliphatic hydroxyl groups excluding tert-OH is 1. The molecular formula is C20H16Cl3N3O2. The van der Waals surface area contributed by atoms with Crippen LogP contribution in [0.15, 0.2) is 54.6 Å². The predicted octanol–water partition coefficient (Wildman–Crippen LogP) is 5.52. The fourth-order valence-corrected chi connectivity index (χ4v) is 3.36. The molecule has 0 bridgehead atoms. The molecule has 0 aliphatic rings. The van der Waals surface area contributed by atoms with E-state index in [-0.39, 0.29) is 13.2 Å². The van der Waals surface area contributed by atoms with E-state index in [1.165, 1.54) is 0 Å². The molecule has 0 aliphatic carbocycles. The number of rotatable bonds is 5. The van der Waals surface area contributed by atoms with E-state index in [2.05, 4.69) is 15.6 Å². The topological polar surface area (TPSA) is 74.2 Å². The third kappa shape index (κ3) is 4.75. The van der Waals surface area contributed by atoms with Crippen molar-refractivity contribution in [2.45, 2.75) is 13.2 Å². The molecule has 0 radical (unpaired) electrons. The average molecular weight is 437 g/mol. The zero-order valence-electron chi connectivity index (χ0n) is 14.5. The van der Waals surface area contributed by atoms with Gasteiger partial charge in [-0.2, -0.15) is 0 Å². The van der Waals surface area contributed by atoms with Crippen LogP contribution in [0.4, 0.5) is 10.6 Å². The van der Waals surface area contributed by atoms with Crippen LogP contribution in [0.25, 0.3) is 11.3 Å². The van der Waals surface area contributed by atoms with Gasteiger partial charge in [0, 0.05) is 38.3 Å². The number of halogens is 3. The van der Waals surface area contributed by atoms with Gasteiger partial charge in [0.15, 0.2) is 0 Å². The number of benzene rings is 2. The smallest absolute Gasteiger partial charge is 0.320 e. The highest BCUT2D eigenvalue weighted by molar-refractivity contribution is 6.36. The lowest BCUT2D eigenvalue weighted by molar-refractivity contribution is 0.251. The van der Waals surface area contributed by atoms with Crippen molar-refractivity contribution in [2.75, 3.05) is 5.32 Å². The van der Waals surface area contributed by atoms with E-state index in [4.69, 9.17) is 34.8 Å². The van der Waals surface area contributed by atoms with Crippen LogP contribution in [0.2, 0.25) is 15.1 Å². The van der Waals surface area contributed by atoms with Crippen LogP contribution >= 0.6 is 34.8 Å². The Labute approximate surface area is 177 Å². The standard InChI is InChI=1S/C20H16Cl3N3O2/c21-15-5-2-1-4-13(15)19-12(11-27)8-9-18(25-19)26-20(28)24-10-14-16(22)6-3-7-17(14)23/h1-9,27H,10-11H2,(H2,24,25,26,28). The van der Waals surface area contributed by atoms with Crippen LogP contribution in [0.3, 0.4) is 0 Å². The number of hydrogen-bond acceptors (Lipinski definition) is 3. The molecule has 3 rings (SSSR count). The Bertz CT molecular complexity index is 991. The Morgan fingerprint density at radius 2 is 1.61 bits per heavy atom. The SMILES string of the molecule is O=C(NCc1c(Cl)cccc1Cl)Nc1ccc(CO)c(-c2ccccc2Cl)n1. The highest BCUT2D eigenvalue weighted by atomic mass is 35.5. The summed E-state index contributed by atoms with van der Waals surface area (Å²) in [6.07, 6.45) is 0. The minimum atomic E-state index is -0.467. The molecule has 3 aromatic rings. The molecule has 0 fully saturated rings. The Morgan fingerprint density at radius 3 is 2.29 bits per heavy atom. The fourth-order valence-electron chi connectivity index (χ4n) is 2.60. The minimum absolute atomic E-state index is 0.163. The van der Waals surface area contributed by atoms with Crippen LogP contribution in [0.5, 0.6) is 0 Å². The van der Waals surface area contributed by atoms with Crippen LogP contribution in [-0.4, -0.2) is 16.1 Å². The lowest BCUT2D eigenvalue weighted by Gasteiger charge is -2.13. The molecule has 28 heavy (non-hydrogen) atoms. The van der Waals surface area contributed by atoms with Crippen LogP contribution < -0.4 is 10.6 Å². The number of anilines is 1. The fraction of sp³-hybridized carbons (Fsp3) is 0.100. The number of hydrogen-bond donors (Lipinski definition) is 3. The summed E-state index contributed by atoms with van der Waals surface area (Å²) in [5.74, 6) is 0.315. The lowest BCUT2D eigenvalue weighted by Crippen LogP contribution is -2.28. The lowest BCUT2D eigenvalue weighted by atomic mass is 10.1. The van der Waals surface area contributed by atoms with Crippen LogP contribution in [0.1, 0.15) is 11.1 Å². The zero-order valence-corrected chi connectivity index (χ0v) is 16.8. The van der Waals surface area contributed by atoms with Gasteiger partial charge in [-0.05, 0) is 24.3 Å². The number of aromatic nitrogens is 1. The van der Waals surface area contributed by atoms with Crippen molar-refractivity contribution in [1.82, 2.24) is 10.3 Å². The summed E-state index contributed by atoms with van der Waals surface area (Å²) in [6.45, 7) is -0.0402. The van der Waals surface area contributed by atoms with Gasteiger partial charge in [0.1, 0.15) is 5.82 Å². The van der Waals surface area contributed by atoms with E-state index in [1.807, 2.05) is 6.07 Å². The van der Waals surface area contributed by atoms with Gasteiger partial charge in [0.2, 0.25) is 0 Å². The summed E-state index contributed by atoms with van der Waals surface area (Å²) < 4.78 is 0. The summed E-state index contributed by atoms with van der Waals surface area (Å²) >= 11 is 18.5. The van der Waals surface area contributed by atoms with Gasteiger partial charge in [-0.3, -0.25) is 5.32 Å². The summed E-state index contributed by atoms with van der Waals surface area (Å²) in [4.78, 5) is 16.7. The Morgan fingerprint density at radius 1 is 0.929 bits per heavy atom. The van der Waals surface area contributed by atoms with Gasteiger partial charge in [-0.15, -0.1) is 0 Å². The van der Waals surface area contributed by atoms with Gasteiger partial charge in [0.05, 0.1) is 12.3 Å². The van der Waals surface area contributed by atoms with Crippen LogP contribution in [-0.2, 0) is 13.2 Å². The van der Waals surface area contributed by atoms with Crippen molar-refractivity contribution in [1.29, 1.82) is 0 Å². The first-order valence-electron chi connectivity index (χ1n) is 8.33. The predicted molar refractivity (Wildman–Crippen MR) is 113 cm³/mol. The number of amides is 2. The summed E-state index contributed by atoms with van der Waals surface area (Å²) in [6, 6.07) is 15.1. The number of aliphatic hydroxyl groups is 1. The van der Waals surface area contributed by atoms with Gasteiger partial charge in [-0.25, -0.2) is 9.78 Å². The van der Waals surface area contributed by atoms with E-state index in [9.17, 15) is 9.90 Å². The van der Waals surface area contributed by atoms with E-state index >= 15 is 0 Å². The van der Waals surface area contributed by atoms with Gasteiger partial charge < -0.3 is 10.4 Å². The molecule has 0 unspecified atom stereocenters. The summed E-state index contributed by atoms with van der Waals surface area (Å²) in [5, 5.41) is 16.4. The number of urea groups is 1. The highest BCUT2D eigenvalue weighted by Crippen LogP contribution is 2.30. The minimum Gasteiger partial charge on any atom is -0.392 e. The maximum atomic E-state index is 12.3. The Hall–Kier alpha value is -2.31. The molecule has 2 aromatic carbocycles.